The van der Waals surface area contributed by atoms with Crippen LogP contribution in [0.5, 0.6) is 0 Å². The smallest absolute Gasteiger partial charge is 0.202 e. The van der Waals surface area contributed by atoms with Gasteiger partial charge in [0.05, 0.1) is 0 Å². The number of hydrogen-bond acceptors (Lipinski definition) is 4. The fourth-order valence-electron chi connectivity index (χ4n) is 2.17. The maximum atomic E-state index is 4.30. The summed E-state index contributed by atoms with van der Waals surface area (Å²) in [7, 11) is 0. The highest BCUT2D eigenvalue weighted by Gasteiger charge is 2.37. The van der Waals surface area contributed by atoms with E-state index in [9.17, 15) is 0 Å². The van der Waals surface area contributed by atoms with Gasteiger partial charge in [-0.15, -0.1) is 0 Å². The zero-order valence-electron chi connectivity index (χ0n) is 9.76. The Labute approximate surface area is 105 Å². The van der Waals surface area contributed by atoms with Crippen LogP contribution in [0.1, 0.15) is 23.7 Å². The van der Waals surface area contributed by atoms with Crippen molar-refractivity contribution in [2.24, 2.45) is 5.92 Å². The van der Waals surface area contributed by atoms with Gasteiger partial charge < -0.3 is 5.32 Å². The summed E-state index contributed by atoms with van der Waals surface area (Å²) in [5.74, 6) is 2.34. The molecule has 1 aliphatic rings. The van der Waals surface area contributed by atoms with E-state index in [-0.39, 0.29) is 0 Å². The largest absolute Gasteiger partial charge is 0.360 e. The first-order valence-corrected chi connectivity index (χ1v) is 6.69. The topological polar surface area (TPSA) is 37.8 Å². The van der Waals surface area contributed by atoms with Gasteiger partial charge in [-0.1, -0.05) is 30.3 Å². The fraction of sp³-hybridized carbons (Fsp3) is 0.385. The van der Waals surface area contributed by atoms with Gasteiger partial charge in [-0.05, 0) is 30.7 Å². The Morgan fingerprint density at radius 2 is 2.18 bits per heavy atom. The van der Waals surface area contributed by atoms with E-state index in [2.05, 4.69) is 45.0 Å². The predicted octanol–water partition coefficient (Wildman–Crippen LogP) is 3.06. The Morgan fingerprint density at radius 1 is 1.35 bits per heavy atom. The average molecular weight is 245 g/mol. The molecule has 2 unspecified atom stereocenters. The molecule has 3 rings (SSSR count). The third-order valence-corrected chi connectivity index (χ3v) is 3.96. The second kappa shape index (κ2) is 4.45. The molecule has 1 aliphatic carbocycles. The van der Waals surface area contributed by atoms with Gasteiger partial charge >= 0.3 is 0 Å². The van der Waals surface area contributed by atoms with Crippen LogP contribution in [-0.2, 0) is 0 Å². The minimum atomic E-state index is 0.734. The summed E-state index contributed by atoms with van der Waals surface area (Å²) in [6.07, 6.45) is 1.29. The van der Waals surface area contributed by atoms with Crippen LogP contribution in [0.4, 0.5) is 5.13 Å². The third-order valence-electron chi connectivity index (χ3n) is 3.19. The second-order valence-electron chi connectivity index (χ2n) is 4.54. The summed E-state index contributed by atoms with van der Waals surface area (Å²) in [4.78, 5) is 4.30. The Kier molecular flexibility index (Phi) is 2.81. The molecule has 88 valence electrons. The van der Waals surface area contributed by atoms with Gasteiger partial charge in [0.25, 0.3) is 0 Å². The first kappa shape index (κ1) is 10.7. The molecule has 1 heterocycles. The molecular weight excluding hydrogens is 230 g/mol. The lowest BCUT2D eigenvalue weighted by Gasteiger charge is -2.01. The van der Waals surface area contributed by atoms with E-state index < -0.39 is 0 Å². The molecule has 3 nitrogen and oxygen atoms in total. The number of nitrogens with zero attached hydrogens (tertiary/aromatic N) is 2. The molecule has 0 amide bonds. The van der Waals surface area contributed by atoms with Crippen LogP contribution in [0.25, 0.3) is 0 Å². The van der Waals surface area contributed by atoms with Crippen LogP contribution < -0.4 is 5.32 Å². The number of benzene rings is 1. The summed E-state index contributed by atoms with van der Waals surface area (Å²) in [6, 6.07) is 10.8. The summed E-state index contributed by atoms with van der Waals surface area (Å²) in [6.45, 7) is 2.93. The van der Waals surface area contributed by atoms with Crippen molar-refractivity contribution in [1.82, 2.24) is 9.36 Å². The van der Waals surface area contributed by atoms with Gasteiger partial charge in [0.1, 0.15) is 5.82 Å². The van der Waals surface area contributed by atoms with Crippen LogP contribution in [-0.4, -0.2) is 15.9 Å². The number of anilines is 1. The maximum Gasteiger partial charge on any atom is 0.202 e. The average Bonchev–Trinajstić information content (AvgIpc) is 3.03. The molecule has 0 spiro atoms. The molecular formula is C13H15N3S. The SMILES string of the molecule is Cc1nsc(NCC2CC2c2ccccc2)n1. The lowest BCUT2D eigenvalue weighted by atomic mass is 10.1. The summed E-state index contributed by atoms with van der Waals surface area (Å²) < 4.78 is 4.16. The van der Waals surface area contributed by atoms with Crippen molar-refractivity contribution in [3.63, 3.8) is 0 Å². The van der Waals surface area contributed by atoms with Crippen molar-refractivity contribution in [3.8, 4) is 0 Å². The lowest BCUT2D eigenvalue weighted by molar-refractivity contribution is 0.842. The zero-order valence-corrected chi connectivity index (χ0v) is 10.6. The van der Waals surface area contributed by atoms with Crippen LogP contribution >= 0.6 is 11.5 Å². The Balaban J connectivity index is 1.53. The van der Waals surface area contributed by atoms with Gasteiger partial charge in [-0.3, -0.25) is 0 Å². The minimum Gasteiger partial charge on any atom is -0.360 e. The first-order chi connectivity index (χ1) is 8.33. The molecule has 1 fully saturated rings. The molecule has 1 aromatic heterocycles. The van der Waals surface area contributed by atoms with Crippen molar-refractivity contribution in [3.05, 3.63) is 41.7 Å². The van der Waals surface area contributed by atoms with Crippen LogP contribution in [0.3, 0.4) is 0 Å². The molecule has 0 saturated heterocycles. The number of hydrogen-bond donors (Lipinski definition) is 1. The fourth-order valence-corrected chi connectivity index (χ4v) is 2.75. The van der Waals surface area contributed by atoms with Gasteiger partial charge in [0, 0.05) is 18.1 Å². The van der Waals surface area contributed by atoms with Crippen LogP contribution in [0.15, 0.2) is 30.3 Å². The molecule has 2 atom stereocenters. The minimum absolute atomic E-state index is 0.734. The number of aryl methyl sites for hydroxylation is 1. The molecule has 4 heteroatoms. The zero-order chi connectivity index (χ0) is 11.7. The molecule has 0 radical (unpaired) electrons. The first-order valence-electron chi connectivity index (χ1n) is 5.92. The molecule has 1 N–H and O–H groups in total. The lowest BCUT2D eigenvalue weighted by Crippen LogP contribution is -2.04. The molecule has 0 aliphatic heterocycles. The van der Waals surface area contributed by atoms with E-state index in [1.807, 2.05) is 6.92 Å². The maximum absolute atomic E-state index is 4.30. The van der Waals surface area contributed by atoms with Crippen molar-refractivity contribution in [1.29, 1.82) is 0 Å². The normalized spacial score (nSPS) is 22.4. The van der Waals surface area contributed by atoms with E-state index in [4.69, 9.17) is 0 Å². The monoisotopic (exact) mass is 245 g/mol. The predicted molar refractivity (Wildman–Crippen MR) is 70.4 cm³/mol. The Morgan fingerprint density at radius 3 is 2.88 bits per heavy atom. The molecule has 17 heavy (non-hydrogen) atoms. The van der Waals surface area contributed by atoms with Crippen molar-refractivity contribution in [2.45, 2.75) is 19.3 Å². The highest BCUT2D eigenvalue weighted by atomic mass is 32.1. The summed E-state index contributed by atoms with van der Waals surface area (Å²) in [5, 5.41) is 4.32. The van der Waals surface area contributed by atoms with Gasteiger partial charge in [0.15, 0.2) is 0 Å². The standard InChI is InChI=1S/C13H15N3S/c1-9-15-13(17-16-9)14-8-11-7-12(11)10-5-3-2-4-6-10/h2-6,11-12H,7-8H2,1H3,(H,14,15,16). The highest BCUT2D eigenvalue weighted by Crippen LogP contribution is 2.47. The van der Waals surface area contributed by atoms with Crippen molar-refractivity contribution in [2.75, 3.05) is 11.9 Å². The second-order valence-corrected chi connectivity index (χ2v) is 5.29. The van der Waals surface area contributed by atoms with Crippen molar-refractivity contribution < 1.29 is 0 Å². The summed E-state index contributed by atoms with van der Waals surface area (Å²) >= 11 is 1.44. The van der Waals surface area contributed by atoms with Crippen molar-refractivity contribution >= 4 is 16.7 Å². The Hall–Kier alpha value is -1.42. The van der Waals surface area contributed by atoms with E-state index >= 15 is 0 Å². The van der Waals surface area contributed by atoms with E-state index in [1.54, 1.807) is 0 Å². The molecule has 2 aromatic rings. The van der Waals surface area contributed by atoms with Gasteiger partial charge in [-0.2, -0.15) is 4.37 Å². The van der Waals surface area contributed by atoms with Gasteiger partial charge in [0.2, 0.25) is 5.13 Å². The van der Waals surface area contributed by atoms with Gasteiger partial charge in [-0.25, -0.2) is 4.98 Å². The van der Waals surface area contributed by atoms with E-state index in [1.165, 1.54) is 23.5 Å². The molecule has 0 bridgehead atoms. The highest BCUT2D eigenvalue weighted by molar-refractivity contribution is 7.09. The van der Waals surface area contributed by atoms with Crippen LogP contribution in [0.2, 0.25) is 0 Å². The van der Waals surface area contributed by atoms with E-state index in [0.29, 0.717) is 0 Å². The molecule has 1 saturated carbocycles. The van der Waals surface area contributed by atoms with Crippen LogP contribution in [0, 0.1) is 12.8 Å². The number of rotatable bonds is 4. The quantitative estimate of drug-likeness (QED) is 0.899. The Bertz CT molecular complexity index is 494. The third kappa shape index (κ3) is 2.47. The molecule has 1 aromatic carbocycles. The number of aromatic nitrogens is 2. The summed E-state index contributed by atoms with van der Waals surface area (Å²) in [5.41, 5.74) is 1.47. The number of nitrogens with one attached hydrogen (secondary N) is 1. The van der Waals surface area contributed by atoms with E-state index in [0.717, 1.165) is 29.3 Å².